The molecule has 1 atom stereocenters. The first-order valence-corrected chi connectivity index (χ1v) is 6.31. The average molecular weight is 333 g/mol. The van der Waals surface area contributed by atoms with Crippen molar-refractivity contribution in [2.75, 3.05) is 0 Å². The fourth-order valence-corrected chi connectivity index (χ4v) is 2.47. The smallest absolute Gasteiger partial charge is 0.128 e. The van der Waals surface area contributed by atoms with E-state index in [1.807, 2.05) is 0 Å². The lowest BCUT2D eigenvalue weighted by Crippen LogP contribution is -2.14. The molecule has 2 N–H and O–H groups in total. The van der Waals surface area contributed by atoms with Crippen LogP contribution in [0.2, 0.25) is 5.02 Å². The number of rotatable bonds is 2. The van der Waals surface area contributed by atoms with E-state index < -0.39 is 17.7 Å². The van der Waals surface area contributed by atoms with Crippen LogP contribution in [0.4, 0.5) is 8.78 Å². The molecule has 0 aliphatic carbocycles. The van der Waals surface area contributed by atoms with Crippen LogP contribution in [0, 0.1) is 11.6 Å². The van der Waals surface area contributed by atoms with Crippen molar-refractivity contribution in [1.29, 1.82) is 0 Å². The molecule has 5 heteroatoms. The fraction of sp³-hybridized carbons (Fsp3) is 0.0769. The zero-order chi connectivity index (χ0) is 13.3. The van der Waals surface area contributed by atoms with Crippen molar-refractivity contribution in [2.24, 2.45) is 5.73 Å². The lowest BCUT2D eigenvalue weighted by molar-refractivity contribution is 0.576. The molecular formula is C13H9BrClF2N. The monoisotopic (exact) mass is 331 g/mol. The Bertz CT molecular complexity index is 589. The molecule has 94 valence electrons. The predicted octanol–water partition coefficient (Wildman–Crippen LogP) is 4.43. The highest BCUT2D eigenvalue weighted by atomic mass is 79.9. The summed E-state index contributed by atoms with van der Waals surface area (Å²) in [6.45, 7) is 0. The minimum Gasteiger partial charge on any atom is -0.320 e. The third-order valence-corrected chi connectivity index (χ3v) is 3.41. The summed E-state index contributed by atoms with van der Waals surface area (Å²) >= 11 is 9.31. The Labute approximate surface area is 117 Å². The van der Waals surface area contributed by atoms with Gasteiger partial charge in [0.25, 0.3) is 0 Å². The molecule has 0 bridgehead atoms. The van der Waals surface area contributed by atoms with Gasteiger partial charge in [0.1, 0.15) is 11.6 Å². The van der Waals surface area contributed by atoms with Crippen molar-refractivity contribution < 1.29 is 8.78 Å². The second-order valence-electron chi connectivity index (χ2n) is 3.81. The Kier molecular flexibility index (Phi) is 4.00. The summed E-state index contributed by atoms with van der Waals surface area (Å²) < 4.78 is 27.5. The van der Waals surface area contributed by atoms with Crippen LogP contribution < -0.4 is 5.73 Å². The molecule has 0 saturated heterocycles. The lowest BCUT2D eigenvalue weighted by Gasteiger charge is -2.15. The third kappa shape index (κ3) is 2.71. The van der Waals surface area contributed by atoms with Crippen LogP contribution in [-0.2, 0) is 0 Å². The molecule has 0 aliphatic heterocycles. The Balaban J connectivity index is 2.47. The highest BCUT2D eigenvalue weighted by Gasteiger charge is 2.17. The van der Waals surface area contributed by atoms with Crippen molar-refractivity contribution in [3.05, 3.63) is 68.7 Å². The van der Waals surface area contributed by atoms with Crippen molar-refractivity contribution in [1.82, 2.24) is 0 Å². The molecule has 0 spiro atoms. The molecule has 1 nitrogen and oxygen atoms in total. The standard InChI is InChI=1S/C13H9BrClF2N/c14-7-1-3-9(11(15)5-7)13(18)10-6-8(16)2-4-12(10)17/h1-6,13H,18H2. The summed E-state index contributed by atoms with van der Waals surface area (Å²) in [6, 6.07) is 7.47. The van der Waals surface area contributed by atoms with Gasteiger partial charge in [-0.3, -0.25) is 0 Å². The van der Waals surface area contributed by atoms with Crippen LogP contribution in [0.5, 0.6) is 0 Å². The van der Waals surface area contributed by atoms with Crippen LogP contribution in [0.15, 0.2) is 40.9 Å². The summed E-state index contributed by atoms with van der Waals surface area (Å²) in [5.41, 5.74) is 6.56. The molecule has 2 aromatic carbocycles. The Morgan fingerprint density at radius 1 is 1.06 bits per heavy atom. The first-order chi connectivity index (χ1) is 8.49. The topological polar surface area (TPSA) is 26.0 Å². The molecule has 0 fully saturated rings. The Hall–Kier alpha value is -0.970. The molecule has 0 radical (unpaired) electrons. The molecule has 0 heterocycles. The maximum atomic E-state index is 13.6. The van der Waals surface area contributed by atoms with Crippen LogP contribution in [0.3, 0.4) is 0 Å². The molecule has 0 aromatic heterocycles. The first kappa shape index (κ1) is 13.5. The molecule has 0 saturated carbocycles. The van der Waals surface area contributed by atoms with Crippen LogP contribution in [0.25, 0.3) is 0 Å². The molecule has 18 heavy (non-hydrogen) atoms. The number of hydrogen-bond acceptors (Lipinski definition) is 1. The van der Waals surface area contributed by atoms with E-state index in [0.717, 1.165) is 22.7 Å². The summed E-state index contributed by atoms with van der Waals surface area (Å²) in [4.78, 5) is 0. The van der Waals surface area contributed by atoms with Gasteiger partial charge in [-0.1, -0.05) is 33.6 Å². The zero-order valence-electron chi connectivity index (χ0n) is 9.13. The largest absolute Gasteiger partial charge is 0.320 e. The van der Waals surface area contributed by atoms with Crippen molar-refractivity contribution in [2.45, 2.75) is 6.04 Å². The Morgan fingerprint density at radius 3 is 2.44 bits per heavy atom. The summed E-state index contributed by atoms with van der Waals surface area (Å²) in [5.74, 6) is -1.09. The van der Waals surface area contributed by atoms with Gasteiger partial charge in [0.05, 0.1) is 6.04 Å². The van der Waals surface area contributed by atoms with Gasteiger partial charge in [-0.2, -0.15) is 0 Å². The van der Waals surface area contributed by atoms with Gasteiger partial charge in [-0.15, -0.1) is 0 Å². The number of benzene rings is 2. The van der Waals surface area contributed by atoms with E-state index in [4.69, 9.17) is 17.3 Å². The zero-order valence-corrected chi connectivity index (χ0v) is 11.5. The molecule has 0 aliphatic rings. The minimum absolute atomic E-state index is 0.0826. The van der Waals surface area contributed by atoms with Gasteiger partial charge >= 0.3 is 0 Å². The molecule has 2 aromatic rings. The van der Waals surface area contributed by atoms with Gasteiger partial charge in [0.2, 0.25) is 0 Å². The van der Waals surface area contributed by atoms with Crippen LogP contribution in [-0.4, -0.2) is 0 Å². The molecule has 1 unspecified atom stereocenters. The van der Waals surface area contributed by atoms with E-state index in [2.05, 4.69) is 15.9 Å². The summed E-state index contributed by atoms with van der Waals surface area (Å²) in [6.07, 6.45) is 0. The molecule has 2 rings (SSSR count). The van der Waals surface area contributed by atoms with E-state index in [-0.39, 0.29) is 5.56 Å². The number of hydrogen-bond donors (Lipinski definition) is 1. The van der Waals surface area contributed by atoms with Gasteiger partial charge in [0.15, 0.2) is 0 Å². The second-order valence-corrected chi connectivity index (χ2v) is 5.13. The van der Waals surface area contributed by atoms with Gasteiger partial charge in [0, 0.05) is 15.1 Å². The van der Waals surface area contributed by atoms with Crippen molar-refractivity contribution in [3.8, 4) is 0 Å². The normalized spacial score (nSPS) is 12.5. The molecule has 0 amide bonds. The van der Waals surface area contributed by atoms with Gasteiger partial charge in [-0.05, 0) is 35.9 Å². The molecular weight excluding hydrogens is 324 g/mol. The maximum Gasteiger partial charge on any atom is 0.128 e. The van der Waals surface area contributed by atoms with Crippen molar-refractivity contribution in [3.63, 3.8) is 0 Å². The maximum absolute atomic E-state index is 13.6. The fourth-order valence-electron chi connectivity index (χ4n) is 1.67. The van der Waals surface area contributed by atoms with Crippen LogP contribution in [0.1, 0.15) is 17.2 Å². The highest BCUT2D eigenvalue weighted by molar-refractivity contribution is 9.10. The highest BCUT2D eigenvalue weighted by Crippen LogP contribution is 2.30. The summed E-state index contributed by atoms with van der Waals surface area (Å²) in [7, 11) is 0. The van der Waals surface area contributed by atoms with Crippen molar-refractivity contribution >= 4 is 27.5 Å². The van der Waals surface area contributed by atoms with E-state index >= 15 is 0 Å². The third-order valence-electron chi connectivity index (χ3n) is 2.59. The average Bonchev–Trinajstić information content (AvgIpc) is 2.31. The van der Waals surface area contributed by atoms with Gasteiger partial charge in [-0.25, -0.2) is 8.78 Å². The number of nitrogens with two attached hydrogens (primary N) is 1. The number of halogens is 4. The minimum atomic E-state index is -0.804. The van der Waals surface area contributed by atoms with E-state index in [1.54, 1.807) is 18.2 Å². The van der Waals surface area contributed by atoms with E-state index in [0.29, 0.717) is 10.6 Å². The predicted molar refractivity (Wildman–Crippen MR) is 71.5 cm³/mol. The van der Waals surface area contributed by atoms with Crippen LogP contribution >= 0.6 is 27.5 Å². The van der Waals surface area contributed by atoms with E-state index in [1.165, 1.54) is 0 Å². The second kappa shape index (κ2) is 5.34. The SMILES string of the molecule is NC(c1cc(F)ccc1F)c1ccc(Br)cc1Cl. The summed E-state index contributed by atoms with van der Waals surface area (Å²) in [5, 5.41) is 0.403. The van der Waals surface area contributed by atoms with Gasteiger partial charge < -0.3 is 5.73 Å². The lowest BCUT2D eigenvalue weighted by atomic mass is 9.99. The van der Waals surface area contributed by atoms with E-state index in [9.17, 15) is 8.78 Å². The first-order valence-electron chi connectivity index (χ1n) is 5.14. The quantitative estimate of drug-likeness (QED) is 0.865. The Morgan fingerprint density at radius 2 is 1.78 bits per heavy atom.